The van der Waals surface area contributed by atoms with Gasteiger partial charge >= 0.3 is 12.1 Å². The summed E-state index contributed by atoms with van der Waals surface area (Å²) in [5.41, 5.74) is 0. The first-order chi connectivity index (χ1) is 10.2. The van der Waals surface area contributed by atoms with Gasteiger partial charge in [-0.3, -0.25) is 4.79 Å². The topological polar surface area (TPSA) is 114 Å². The van der Waals surface area contributed by atoms with Crippen LogP contribution in [0.2, 0.25) is 0 Å². The first-order valence-electron chi connectivity index (χ1n) is 6.58. The number of halogens is 3. The molecule has 2 aliphatic heterocycles. The maximum atomic E-state index is 12.0. The van der Waals surface area contributed by atoms with Crippen molar-refractivity contribution < 1.29 is 33.0 Å². The number of hydrogen-bond acceptors (Lipinski definition) is 5. The van der Waals surface area contributed by atoms with Crippen LogP contribution < -0.4 is 5.32 Å². The Kier molecular flexibility index (Phi) is 6.13. The lowest BCUT2D eigenvalue weighted by molar-refractivity contribution is -0.192. The van der Waals surface area contributed by atoms with E-state index in [1.54, 1.807) is 4.90 Å². The number of nitriles is 1. The minimum atomic E-state index is -5.08. The molecule has 2 heterocycles. The number of nitrogens with one attached hydrogen (secondary N) is 1. The van der Waals surface area contributed by atoms with Crippen LogP contribution in [-0.2, 0) is 9.59 Å². The monoisotopic (exact) mass is 323 g/mol. The summed E-state index contributed by atoms with van der Waals surface area (Å²) < 4.78 is 31.7. The Labute approximate surface area is 124 Å². The number of aliphatic carboxylic acids is 1. The molecule has 0 radical (unpaired) electrons. The second-order valence-corrected chi connectivity index (χ2v) is 4.97. The van der Waals surface area contributed by atoms with E-state index < -0.39 is 18.2 Å². The van der Waals surface area contributed by atoms with Crippen molar-refractivity contribution in [1.82, 2.24) is 10.2 Å². The number of hydrogen-bond donors (Lipinski definition) is 3. The highest BCUT2D eigenvalue weighted by molar-refractivity contribution is 5.83. The van der Waals surface area contributed by atoms with Gasteiger partial charge in [0.05, 0.1) is 18.2 Å². The number of alkyl halides is 3. The highest BCUT2D eigenvalue weighted by atomic mass is 19.4. The second kappa shape index (κ2) is 7.42. The van der Waals surface area contributed by atoms with Gasteiger partial charge in [0.2, 0.25) is 5.91 Å². The molecule has 0 bridgehead atoms. The van der Waals surface area contributed by atoms with Crippen molar-refractivity contribution in [1.29, 1.82) is 5.26 Å². The molecule has 0 spiro atoms. The number of carbonyl (C=O) groups is 2. The number of carboxylic acid groups (broad SMARTS) is 1. The Morgan fingerprint density at radius 3 is 2.36 bits per heavy atom. The van der Waals surface area contributed by atoms with E-state index in [0.717, 1.165) is 12.8 Å². The van der Waals surface area contributed by atoms with Gasteiger partial charge in [-0.2, -0.15) is 18.4 Å². The molecular formula is C12H16F3N3O4. The average molecular weight is 323 g/mol. The predicted molar refractivity (Wildman–Crippen MR) is 66.5 cm³/mol. The Balaban J connectivity index is 0.000000295. The minimum Gasteiger partial charge on any atom is -0.475 e. The molecule has 0 aromatic heterocycles. The summed E-state index contributed by atoms with van der Waals surface area (Å²) in [6.45, 7) is 1.15. The molecule has 22 heavy (non-hydrogen) atoms. The Bertz CT molecular complexity index is 464. The zero-order valence-electron chi connectivity index (χ0n) is 11.5. The Hall–Kier alpha value is -1.86. The number of carboxylic acids is 1. The largest absolute Gasteiger partial charge is 0.490 e. The van der Waals surface area contributed by atoms with Gasteiger partial charge in [-0.25, -0.2) is 4.79 Å². The lowest BCUT2D eigenvalue weighted by atomic mass is 10.1. The maximum absolute atomic E-state index is 12.0. The molecule has 124 valence electrons. The third-order valence-corrected chi connectivity index (χ3v) is 3.33. The average Bonchev–Trinajstić information content (AvgIpc) is 3.05. The molecule has 0 unspecified atom stereocenters. The van der Waals surface area contributed by atoms with Gasteiger partial charge in [0.15, 0.2) is 0 Å². The molecule has 3 atom stereocenters. The van der Waals surface area contributed by atoms with Crippen LogP contribution in [-0.4, -0.2) is 64.4 Å². The van der Waals surface area contributed by atoms with Crippen LogP contribution in [0.1, 0.15) is 19.3 Å². The number of β-amino-alcohol motifs (C(OH)–C–C–N with tert-alkyl or cyclic N) is 1. The van der Waals surface area contributed by atoms with E-state index >= 15 is 0 Å². The van der Waals surface area contributed by atoms with Crippen LogP contribution >= 0.6 is 0 Å². The van der Waals surface area contributed by atoms with Gasteiger partial charge < -0.3 is 20.4 Å². The van der Waals surface area contributed by atoms with E-state index in [-0.39, 0.29) is 18.0 Å². The number of nitrogens with zero attached hydrogens (tertiary/aromatic N) is 2. The molecule has 2 saturated heterocycles. The predicted octanol–water partition coefficient (Wildman–Crippen LogP) is -0.143. The number of likely N-dealkylation sites (tertiary alicyclic amines) is 1. The smallest absolute Gasteiger partial charge is 0.475 e. The number of rotatable bonds is 1. The molecular weight excluding hydrogens is 307 g/mol. The van der Waals surface area contributed by atoms with Gasteiger partial charge in [0.25, 0.3) is 0 Å². The lowest BCUT2D eigenvalue weighted by Crippen LogP contribution is -2.45. The number of aliphatic hydroxyl groups excluding tert-OH is 1. The van der Waals surface area contributed by atoms with Crippen LogP contribution in [0.3, 0.4) is 0 Å². The maximum Gasteiger partial charge on any atom is 0.490 e. The van der Waals surface area contributed by atoms with Crippen molar-refractivity contribution in [2.24, 2.45) is 0 Å². The zero-order chi connectivity index (χ0) is 16.9. The van der Waals surface area contributed by atoms with Gasteiger partial charge in [-0.1, -0.05) is 0 Å². The van der Waals surface area contributed by atoms with Crippen LogP contribution in [0.4, 0.5) is 13.2 Å². The summed E-state index contributed by atoms with van der Waals surface area (Å²) in [6.07, 6.45) is -3.37. The van der Waals surface area contributed by atoms with Gasteiger partial charge in [0.1, 0.15) is 6.04 Å². The Morgan fingerprint density at radius 1 is 1.36 bits per heavy atom. The highest BCUT2D eigenvalue weighted by Crippen LogP contribution is 2.19. The van der Waals surface area contributed by atoms with Crippen LogP contribution in [0.15, 0.2) is 0 Å². The van der Waals surface area contributed by atoms with Gasteiger partial charge in [0, 0.05) is 13.1 Å². The van der Waals surface area contributed by atoms with Crippen molar-refractivity contribution in [3.05, 3.63) is 0 Å². The number of carbonyl (C=O) groups excluding carboxylic acids is 1. The molecule has 2 aliphatic rings. The van der Waals surface area contributed by atoms with Crippen LogP contribution in [0.25, 0.3) is 0 Å². The molecule has 3 N–H and O–H groups in total. The zero-order valence-corrected chi connectivity index (χ0v) is 11.5. The number of amides is 1. The lowest BCUT2D eigenvalue weighted by Gasteiger charge is -2.23. The van der Waals surface area contributed by atoms with Crippen molar-refractivity contribution in [3.8, 4) is 6.07 Å². The van der Waals surface area contributed by atoms with Crippen molar-refractivity contribution in [2.75, 3.05) is 13.1 Å². The fraction of sp³-hybridized carbons (Fsp3) is 0.750. The summed E-state index contributed by atoms with van der Waals surface area (Å²) in [5.74, 6) is -2.79. The Morgan fingerprint density at radius 2 is 1.95 bits per heavy atom. The summed E-state index contributed by atoms with van der Waals surface area (Å²) in [5, 5.41) is 28.3. The standard InChI is InChI=1S/C10H15N3O2.C2HF3O2/c11-5-7-2-1-3-13(7)10(15)9-4-8(14)6-12-9;3-2(4,5)1(6)7/h7-9,12,14H,1-4,6H2;(H,6,7)/t7-,8-,9-;/m0./s1. The van der Waals surface area contributed by atoms with E-state index in [9.17, 15) is 23.1 Å². The molecule has 0 saturated carbocycles. The molecule has 2 fully saturated rings. The van der Waals surface area contributed by atoms with E-state index in [0.29, 0.717) is 19.5 Å². The second-order valence-electron chi connectivity index (χ2n) is 4.97. The van der Waals surface area contributed by atoms with E-state index in [2.05, 4.69) is 11.4 Å². The molecule has 10 heteroatoms. The van der Waals surface area contributed by atoms with Crippen LogP contribution in [0, 0.1) is 11.3 Å². The summed E-state index contributed by atoms with van der Waals surface area (Å²) in [7, 11) is 0. The highest BCUT2D eigenvalue weighted by Gasteiger charge is 2.38. The molecule has 1 amide bonds. The minimum absolute atomic E-state index is 0.0319. The quantitative estimate of drug-likeness (QED) is 0.619. The summed E-state index contributed by atoms with van der Waals surface area (Å²) in [6, 6.07) is 1.58. The summed E-state index contributed by atoms with van der Waals surface area (Å²) >= 11 is 0. The van der Waals surface area contributed by atoms with Crippen LogP contribution in [0.5, 0.6) is 0 Å². The van der Waals surface area contributed by atoms with E-state index in [1.165, 1.54) is 0 Å². The third kappa shape index (κ3) is 4.85. The van der Waals surface area contributed by atoms with Crippen molar-refractivity contribution in [3.63, 3.8) is 0 Å². The molecule has 2 rings (SSSR count). The molecule has 0 aromatic carbocycles. The van der Waals surface area contributed by atoms with E-state index in [4.69, 9.17) is 15.2 Å². The number of aliphatic hydroxyl groups is 1. The molecule has 0 aliphatic carbocycles. The van der Waals surface area contributed by atoms with Gasteiger partial charge in [-0.05, 0) is 19.3 Å². The van der Waals surface area contributed by atoms with Crippen molar-refractivity contribution >= 4 is 11.9 Å². The fourth-order valence-electron chi connectivity index (χ4n) is 2.27. The SMILES string of the molecule is N#C[C@@H]1CCCN1C(=O)[C@@H]1C[C@H](O)CN1.O=C(O)C(F)(F)F. The van der Waals surface area contributed by atoms with Gasteiger partial charge in [-0.15, -0.1) is 0 Å². The van der Waals surface area contributed by atoms with E-state index in [1.807, 2.05) is 0 Å². The fourth-order valence-corrected chi connectivity index (χ4v) is 2.27. The first kappa shape index (κ1) is 18.2. The van der Waals surface area contributed by atoms with Crippen molar-refractivity contribution in [2.45, 2.75) is 43.6 Å². The summed E-state index contributed by atoms with van der Waals surface area (Å²) in [4.78, 5) is 22.5. The normalized spacial score (nSPS) is 27.8. The third-order valence-electron chi connectivity index (χ3n) is 3.33. The first-order valence-corrected chi connectivity index (χ1v) is 6.58. The molecule has 7 nitrogen and oxygen atoms in total. The molecule has 0 aromatic rings.